The predicted octanol–water partition coefficient (Wildman–Crippen LogP) is 5.56. The molecule has 0 aliphatic carbocycles. The van der Waals surface area contributed by atoms with Crippen molar-refractivity contribution in [2.24, 2.45) is 0 Å². The van der Waals surface area contributed by atoms with Gasteiger partial charge in [-0.15, -0.1) is 10.2 Å². The number of hydrogen-bond acceptors (Lipinski definition) is 6. The minimum atomic E-state index is -0.310. The van der Waals surface area contributed by atoms with Crippen LogP contribution in [0.1, 0.15) is 23.1 Å². The highest BCUT2D eigenvalue weighted by Crippen LogP contribution is 2.29. The Morgan fingerprint density at radius 1 is 1.10 bits per heavy atom. The van der Waals surface area contributed by atoms with Crippen LogP contribution in [0.3, 0.4) is 0 Å². The fourth-order valence-electron chi connectivity index (χ4n) is 2.98. The van der Waals surface area contributed by atoms with E-state index in [1.54, 1.807) is 48.7 Å². The van der Waals surface area contributed by atoms with Crippen molar-refractivity contribution in [1.29, 1.82) is 0 Å². The Balaban J connectivity index is 1.38. The standard InChI is InChI=1S/C22H17ClFN3O3S/c23-15-5-9-17(10-6-15)25-20(28)13-31-22-27-26-21(30-22)12-18(19-2-1-11-29-19)14-3-7-16(24)8-4-14/h1-11,18H,12-13H2,(H,25,28)/t18-/m1/s1. The average Bonchev–Trinajstić information content (AvgIpc) is 3.45. The van der Waals surface area contributed by atoms with E-state index >= 15 is 0 Å². The van der Waals surface area contributed by atoms with E-state index in [9.17, 15) is 9.18 Å². The van der Waals surface area contributed by atoms with E-state index in [0.29, 0.717) is 34.0 Å². The zero-order chi connectivity index (χ0) is 21.6. The van der Waals surface area contributed by atoms with Crippen molar-refractivity contribution in [2.45, 2.75) is 17.6 Å². The smallest absolute Gasteiger partial charge is 0.277 e. The molecule has 1 atom stereocenters. The summed E-state index contributed by atoms with van der Waals surface area (Å²) >= 11 is 6.98. The van der Waals surface area contributed by atoms with Crippen LogP contribution in [0, 0.1) is 5.82 Å². The number of furan rings is 1. The number of carbonyl (C=O) groups excluding carboxylic acids is 1. The zero-order valence-corrected chi connectivity index (χ0v) is 17.7. The maximum atomic E-state index is 13.3. The lowest BCUT2D eigenvalue weighted by Crippen LogP contribution is -2.13. The molecular formula is C22H17ClFN3O3S. The van der Waals surface area contributed by atoms with E-state index in [-0.39, 0.29) is 23.4 Å². The number of anilines is 1. The number of nitrogens with zero attached hydrogens (tertiary/aromatic N) is 2. The van der Waals surface area contributed by atoms with Crippen molar-refractivity contribution in [3.05, 3.63) is 95.0 Å². The molecule has 0 saturated heterocycles. The molecule has 0 radical (unpaired) electrons. The van der Waals surface area contributed by atoms with Gasteiger partial charge in [-0.3, -0.25) is 4.79 Å². The van der Waals surface area contributed by atoms with Crippen LogP contribution in [0.15, 0.2) is 81.0 Å². The Labute approximate surface area is 186 Å². The van der Waals surface area contributed by atoms with Crippen LogP contribution in [0.25, 0.3) is 0 Å². The van der Waals surface area contributed by atoms with E-state index in [4.69, 9.17) is 20.4 Å². The predicted molar refractivity (Wildman–Crippen MR) is 116 cm³/mol. The zero-order valence-electron chi connectivity index (χ0n) is 16.1. The van der Waals surface area contributed by atoms with Crippen LogP contribution in [-0.4, -0.2) is 21.9 Å². The molecule has 9 heteroatoms. The summed E-state index contributed by atoms with van der Waals surface area (Å²) in [6.07, 6.45) is 1.96. The minimum Gasteiger partial charge on any atom is -0.469 e. The van der Waals surface area contributed by atoms with Crippen molar-refractivity contribution in [2.75, 3.05) is 11.1 Å². The van der Waals surface area contributed by atoms with Gasteiger partial charge in [0.15, 0.2) is 0 Å². The molecule has 4 rings (SSSR count). The molecule has 2 heterocycles. The van der Waals surface area contributed by atoms with Crippen LogP contribution >= 0.6 is 23.4 Å². The van der Waals surface area contributed by atoms with E-state index in [2.05, 4.69) is 15.5 Å². The molecule has 158 valence electrons. The highest BCUT2D eigenvalue weighted by atomic mass is 35.5. The van der Waals surface area contributed by atoms with Gasteiger partial charge in [-0.05, 0) is 54.1 Å². The third-order valence-electron chi connectivity index (χ3n) is 4.44. The summed E-state index contributed by atoms with van der Waals surface area (Å²) in [5.74, 6) is 0.501. The lowest BCUT2D eigenvalue weighted by molar-refractivity contribution is -0.113. The molecule has 6 nitrogen and oxygen atoms in total. The van der Waals surface area contributed by atoms with Crippen LogP contribution < -0.4 is 5.32 Å². The number of halogens is 2. The highest BCUT2D eigenvalue weighted by Gasteiger charge is 2.21. The first-order chi connectivity index (χ1) is 15.1. The van der Waals surface area contributed by atoms with Gasteiger partial charge in [0.25, 0.3) is 5.22 Å². The van der Waals surface area contributed by atoms with Gasteiger partial charge in [0, 0.05) is 17.1 Å². The second-order valence-corrected chi connectivity index (χ2v) is 7.99. The number of benzene rings is 2. The van der Waals surface area contributed by atoms with Crippen molar-refractivity contribution in [3.8, 4) is 0 Å². The van der Waals surface area contributed by atoms with Crippen LogP contribution in [0.4, 0.5) is 10.1 Å². The Hall–Kier alpha value is -3.10. The van der Waals surface area contributed by atoms with Crippen molar-refractivity contribution in [1.82, 2.24) is 10.2 Å². The normalized spacial score (nSPS) is 11.9. The van der Waals surface area contributed by atoms with Gasteiger partial charge in [0.05, 0.1) is 17.9 Å². The summed E-state index contributed by atoms with van der Waals surface area (Å²) in [7, 11) is 0. The number of aromatic nitrogens is 2. The second kappa shape index (κ2) is 9.80. The fraction of sp³-hybridized carbons (Fsp3) is 0.136. The maximum Gasteiger partial charge on any atom is 0.277 e. The third-order valence-corrected chi connectivity index (χ3v) is 5.51. The molecule has 0 aliphatic heterocycles. The Bertz CT molecular complexity index is 1130. The first-order valence-corrected chi connectivity index (χ1v) is 10.7. The van der Waals surface area contributed by atoms with Crippen LogP contribution in [-0.2, 0) is 11.2 Å². The summed E-state index contributed by atoms with van der Waals surface area (Å²) in [5, 5.41) is 11.7. The summed E-state index contributed by atoms with van der Waals surface area (Å²) in [6, 6.07) is 16.7. The van der Waals surface area contributed by atoms with Crippen molar-refractivity contribution in [3.63, 3.8) is 0 Å². The van der Waals surface area contributed by atoms with E-state index in [1.165, 1.54) is 12.1 Å². The SMILES string of the molecule is O=C(CSc1nnc(C[C@H](c2ccc(F)cc2)c2ccco2)o1)Nc1ccc(Cl)cc1. The Morgan fingerprint density at radius 3 is 2.58 bits per heavy atom. The van der Waals surface area contributed by atoms with Gasteiger partial charge in [-0.25, -0.2) is 4.39 Å². The van der Waals surface area contributed by atoms with E-state index in [0.717, 1.165) is 17.3 Å². The first-order valence-electron chi connectivity index (χ1n) is 9.36. The molecule has 31 heavy (non-hydrogen) atoms. The summed E-state index contributed by atoms with van der Waals surface area (Å²) < 4.78 is 24.6. The van der Waals surface area contributed by atoms with Crippen molar-refractivity contribution >= 4 is 35.0 Å². The highest BCUT2D eigenvalue weighted by molar-refractivity contribution is 7.99. The molecule has 0 spiro atoms. The number of hydrogen-bond donors (Lipinski definition) is 1. The maximum absolute atomic E-state index is 13.3. The summed E-state index contributed by atoms with van der Waals surface area (Å²) in [4.78, 5) is 12.1. The molecule has 0 fully saturated rings. The van der Waals surface area contributed by atoms with Gasteiger partial charge in [0.2, 0.25) is 11.8 Å². The second-order valence-electron chi connectivity index (χ2n) is 6.63. The van der Waals surface area contributed by atoms with Gasteiger partial charge in [-0.2, -0.15) is 0 Å². The molecule has 0 aliphatic rings. The van der Waals surface area contributed by atoms with E-state index in [1.807, 2.05) is 6.07 Å². The average molecular weight is 458 g/mol. The lowest BCUT2D eigenvalue weighted by atomic mass is 9.93. The number of carbonyl (C=O) groups is 1. The van der Waals surface area contributed by atoms with Crippen LogP contribution in [0.5, 0.6) is 0 Å². The monoisotopic (exact) mass is 457 g/mol. The molecule has 1 amide bonds. The minimum absolute atomic E-state index is 0.115. The summed E-state index contributed by atoms with van der Waals surface area (Å²) in [6.45, 7) is 0. The molecule has 2 aromatic carbocycles. The van der Waals surface area contributed by atoms with Crippen LogP contribution in [0.2, 0.25) is 5.02 Å². The number of thioether (sulfide) groups is 1. The van der Waals surface area contributed by atoms with Crippen molar-refractivity contribution < 1.29 is 18.0 Å². The molecule has 0 saturated carbocycles. The van der Waals surface area contributed by atoms with Gasteiger partial charge < -0.3 is 14.2 Å². The molecular weight excluding hydrogens is 441 g/mol. The lowest BCUT2D eigenvalue weighted by Gasteiger charge is -2.13. The molecule has 0 bridgehead atoms. The largest absolute Gasteiger partial charge is 0.469 e. The Kier molecular flexibility index (Phi) is 6.69. The number of nitrogens with one attached hydrogen (secondary N) is 1. The molecule has 2 aromatic heterocycles. The summed E-state index contributed by atoms with van der Waals surface area (Å²) in [5.41, 5.74) is 1.52. The number of rotatable bonds is 8. The van der Waals surface area contributed by atoms with Gasteiger partial charge >= 0.3 is 0 Å². The molecule has 0 unspecified atom stereocenters. The number of amides is 1. The fourth-order valence-corrected chi connectivity index (χ4v) is 3.68. The molecule has 4 aromatic rings. The topological polar surface area (TPSA) is 81.2 Å². The quantitative estimate of drug-likeness (QED) is 0.349. The van der Waals surface area contributed by atoms with Gasteiger partial charge in [-0.1, -0.05) is 35.5 Å². The first kappa shape index (κ1) is 21.1. The Morgan fingerprint density at radius 2 is 1.87 bits per heavy atom. The molecule has 1 N–H and O–H groups in total. The third kappa shape index (κ3) is 5.74. The van der Waals surface area contributed by atoms with E-state index < -0.39 is 0 Å². The van der Waals surface area contributed by atoms with Gasteiger partial charge in [0.1, 0.15) is 11.6 Å².